The van der Waals surface area contributed by atoms with Crippen LogP contribution in [0.25, 0.3) is 0 Å². The van der Waals surface area contributed by atoms with Gasteiger partial charge in [-0.1, -0.05) is 0 Å². The van der Waals surface area contributed by atoms with Gasteiger partial charge in [0.15, 0.2) is 0 Å². The van der Waals surface area contributed by atoms with Crippen LogP contribution in [0.3, 0.4) is 0 Å². The number of rotatable bonds is 1. The molecule has 2 heterocycles. The minimum absolute atomic E-state index is 0.589. The van der Waals surface area contributed by atoms with Gasteiger partial charge in [-0.3, -0.25) is 4.90 Å². The fourth-order valence-electron chi connectivity index (χ4n) is 2.11. The molecule has 2 aliphatic heterocycles. The summed E-state index contributed by atoms with van der Waals surface area (Å²) in [7, 11) is 2.19. The first-order valence-corrected chi connectivity index (χ1v) is 5.57. The van der Waals surface area contributed by atoms with Gasteiger partial charge in [-0.25, -0.2) is 0 Å². The van der Waals surface area contributed by atoms with Crippen LogP contribution >= 0.6 is 0 Å². The summed E-state index contributed by atoms with van der Waals surface area (Å²) in [4.78, 5) is 4.94. The summed E-state index contributed by atoms with van der Waals surface area (Å²) in [5.41, 5.74) is 0. The zero-order chi connectivity index (χ0) is 9.80. The van der Waals surface area contributed by atoms with Crippen LogP contribution in [0.15, 0.2) is 0 Å². The largest absolute Gasteiger partial charge is 0.378 e. The second-order valence-corrected chi connectivity index (χ2v) is 4.27. The van der Waals surface area contributed by atoms with E-state index in [4.69, 9.17) is 4.74 Å². The Morgan fingerprint density at radius 3 is 2.79 bits per heavy atom. The maximum Gasteiger partial charge on any atom is 0.0634 e. The fourth-order valence-corrected chi connectivity index (χ4v) is 2.11. The Bertz CT molecular complexity index is 161. The lowest BCUT2D eigenvalue weighted by atomic mass is 10.2. The lowest BCUT2D eigenvalue weighted by molar-refractivity contribution is 0.0535. The molecule has 0 spiro atoms. The highest BCUT2D eigenvalue weighted by atomic mass is 16.5. The van der Waals surface area contributed by atoms with Gasteiger partial charge < -0.3 is 15.0 Å². The lowest BCUT2D eigenvalue weighted by Gasteiger charge is -2.37. The summed E-state index contributed by atoms with van der Waals surface area (Å²) >= 11 is 0. The Morgan fingerprint density at radius 2 is 2.00 bits per heavy atom. The van der Waals surface area contributed by atoms with E-state index in [2.05, 4.69) is 22.2 Å². The van der Waals surface area contributed by atoms with Crippen molar-refractivity contribution in [2.75, 3.05) is 59.5 Å². The molecular weight excluding hydrogens is 178 g/mol. The molecule has 2 rings (SSSR count). The lowest BCUT2D eigenvalue weighted by Crippen LogP contribution is -2.52. The summed E-state index contributed by atoms with van der Waals surface area (Å²) < 4.78 is 5.57. The number of nitrogens with zero attached hydrogens (tertiary/aromatic N) is 2. The van der Waals surface area contributed by atoms with Gasteiger partial charge in [-0.15, -0.1) is 0 Å². The van der Waals surface area contributed by atoms with Gasteiger partial charge in [-0.05, 0) is 7.05 Å². The number of nitrogens with one attached hydrogen (secondary N) is 1. The highest BCUT2D eigenvalue weighted by Crippen LogP contribution is 2.06. The highest BCUT2D eigenvalue weighted by molar-refractivity contribution is 4.80. The van der Waals surface area contributed by atoms with Crippen molar-refractivity contribution >= 4 is 0 Å². The average Bonchev–Trinajstić information content (AvgIpc) is 2.47. The van der Waals surface area contributed by atoms with E-state index in [0.29, 0.717) is 6.04 Å². The minimum Gasteiger partial charge on any atom is -0.378 e. The van der Waals surface area contributed by atoms with Crippen molar-refractivity contribution in [1.29, 1.82) is 0 Å². The van der Waals surface area contributed by atoms with Crippen LogP contribution in [-0.2, 0) is 4.74 Å². The number of hydrogen-bond acceptors (Lipinski definition) is 4. The van der Waals surface area contributed by atoms with E-state index in [0.717, 1.165) is 26.3 Å². The van der Waals surface area contributed by atoms with Crippen LogP contribution in [0.2, 0.25) is 0 Å². The molecule has 0 aromatic carbocycles. The number of ether oxygens (including phenoxy) is 1. The molecular formula is C10H21N3O. The molecule has 2 saturated heterocycles. The van der Waals surface area contributed by atoms with Gasteiger partial charge in [0, 0.05) is 45.3 Å². The van der Waals surface area contributed by atoms with Crippen LogP contribution in [0.4, 0.5) is 0 Å². The summed E-state index contributed by atoms with van der Waals surface area (Å²) in [6.07, 6.45) is 0. The Hall–Kier alpha value is -0.160. The van der Waals surface area contributed by atoms with Crippen molar-refractivity contribution in [3.05, 3.63) is 0 Å². The zero-order valence-corrected chi connectivity index (χ0v) is 9.04. The van der Waals surface area contributed by atoms with Gasteiger partial charge in [-0.2, -0.15) is 0 Å². The van der Waals surface area contributed by atoms with E-state index >= 15 is 0 Å². The van der Waals surface area contributed by atoms with Gasteiger partial charge in [0.2, 0.25) is 0 Å². The van der Waals surface area contributed by atoms with Gasteiger partial charge >= 0.3 is 0 Å². The Balaban J connectivity index is 1.81. The van der Waals surface area contributed by atoms with E-state index in [-0.39, 0.29) is 0 Å². The first-order valence-electron chi connectivity index (χ1n) is 5.57. The van der Waals surface area contributed by atoms with Gasteiger partial charge in [0.05, 0.1) is 13.2 Å². The molecule has 0 aromatic heterocycles. The summed E-state index contributed by atoms with van der Waals surface area (Å²) in [5.74, 6) is 0. The van der Waals surface area contributed by atoms with E-state index in [1.54, 1.807) is 0 Å². The van der Waals surface area contributed by atoms with Crippen molar-refractivity contribution in [2.24, 2.45) is 0 Å². The van der Waals surface area contributed by atoms with Crippen molar-refractivity contribution in [3.63, 3.8) is 0 Å². The van der Waals surface area contributed by atoms with Crippen molar-refractivity contribution in [1.82, 2.24) is 15.1 Å². The third kappa shape index (κ3) is 2.67. The van der Waals surface area contributed by atoms with Gasteiger partial charge in [0.1, 0.15) is 0 Å². The molecule has 2 aliphatic rings. The quantitative estimate of drug-likeness (QED) is 0.600. The number of piperazine rings is 1. The SMILES string of the molecule is CN1CCN(C2CNCCOC2)CC1. The summed E-state index contributed by atoms with van der Waals surface area (Å²) in [6, 6.07) is 0.589. The van der Waals surface area contributed by atoms with Crippen molar-refractivity contribution < 1.29 is 4.74 Å². The Morgan fingerprint density at radius 1 is 1.21 bits per heavy atom. The molecule has 4 heteroatoms. The normalized spacial score (nSPS) is 32.8. The highest BCUT2D eigenvalue weighted by Gasteiger charge is 2.23. The second kappa shape index (κ2) is 5.07. The molecule has 0 amide bonds. The Labute approximate surface area is 86.2 Å². The standard InChI is InChI=1S/C10H21N3O/c1-12-3-5-13(6-4-12)10-8-11-2-7-14-9-10/h10-11H,2-9H2,1H3. The third-order valence-electron chi connectivity index (χ3n) is 3.17. The zero-order valence-electron chi connectivity index (χ0n) is 9.04. The van der Waals surface area contributed by atoms with Gasteiger partial charge in [0.25, 0.3) is 0 Å². The molecule has 14 heavy (non-hydrogen) atoms. The summed E-state index contributed by atoms with van der Waals surface area (Å²) in [6.45, 7) is 8.61. The molecule has 4 nitrogen and oxygen atoms in total. The monoisotopic (exact) mass is 199 g/mol. The topological polar surface area (TPSA) is 27.7 Å². The van der Waals surface area contributed by atoms with Crippen LogP contribution in [-0.4, -0.2) is 75.4 Å². The predicted octanol–water partition coefficient (Wildman–Crippen LogP) is -0.778. The maximum absolute atomic E-state index is 5.57. The first-order chi connectivity index (χ1) is 6.86. The molecule has 0 aliphatic carbocycles. The molecule has 0 radical (unpaired) electrons. The molecule has 1 atom stereocenters. The maximum atomic E-state index is 5.57. The third-order valence-corrected chi connectivity index (χ3v) is 3.17. The van der Waals surface area contributed by atoms with Crippen LogP contribution in [0.1, 0.15) is 0 Å². The van der Waals surface area contributed by atoms with E-state index < -0.39 is 0 Å². The van der Waals surface area contributed by atoms with Crippen LogP contribution < -0.4 is 5.32 Å². The number of likely N-dealkylation sites (N-methyl/N-ethyl adjacent to an activating group) is 1. The van der Waals surface area contributed by atoms with Crippen LogP contribution in [0, 0.1) is 0 Å². The van der Waals surface area contributed by atoms with Crippen molar-refractivity contribution in [3.8, 4) is 0 Å². The molecule has 1 N–H and O–H groups in total. The second-order valence-electron chi connectivity index (χ2n) is 4.27. The predicted molar refractivity (Wildman–Crippen MR) is 56.5 cm³/mol. The van der Waals surface area contributed by atoms with Crippen molar-refractivity contribution in [2.45, 2.75) is 6.04 Å². The van der Waals surface area contributed by atoms with E-state index in [9.17, 15) is 0 Å². The molecule has 1 unspecified atom stereocenters. The average molecular weight is 199 g/mol. The van der Waals surface area contributed by atoms with E-state index in [1.807, 2.05) is 0 Å². The smallest absolute Gasteiger partial charge is 0.0634 e. The fraction of sp³-hybridized carbons (Fsp3) is 1.00. The Kier molecular flexibility index (Phi) is 3.75. The molecule has 2 fully saturated rings. The minimum atomic E-state index is 0.589. The van der Waals surface area contributed by atoms with Crippen LogP contribution in [0.5, 0.6) is 0 Å². The first kappa shape index (κ1) is 10.4. The molecule has 0 aromatic rings. The molecule has 0 saturated carbocycles. The van der Waals surface area contributed by atoms with E-state index in [1.165, 1.54) is 26.2 Å². The molecule has 0 bridgehead atoms. The number of hydrogen-bond donors (Lipinski definition) is 1. The summed E-state index contributed by atoms with van der Waals surface area (Å²) in [5, 5.41) is 3.43. The molecule has 82 valence electrons.